The molecule has 0 spiro atoms. The van der Waals surface area contributed by atoms with Crippen LogP contribution in [0.3, 0.4) is 0 Å². The second kappa shape index (κ2) is 7.08. The maximum absolute atomic E-state index is 12.7. The Kier molecular flexibility index (Phi) is 5.52. The minimum atomic E-state index is -3.86. The molecule has 1 heterocycles. The van der Waals surface area contributed by atoms with Gasteiger partial charge in [0.25, 0.3) is 0 Å². The van der Waals surface area contributed by atoms with Crippen molar-refractivity contribution in [3.05, 3.63) is 23.8 Å². The number of hydrogen-bond acceptors (Lipinski definition) is 5. The molecule has 1 aromatic carbocycles. The molecule has 1 fully saturated rings. The second-order valence-electron chi connectivity index (χ2n) is 6.88. The zero-order valence-corrected chi connectivity index (χ0v) is 14.9. The van der Waals surface area contributed by atoms with E-state index in [0.717, 1.165) is 12.8 Å². The minimum absolute atomic E-state index is 0.0738. The van der Waals surface area contributed by atoms with Gasteiger partial charge in [-0.15, -0.1) is 0 Å². The fourth-order valence-corrected chi connectivity index (χ4v) is 3.72. The van der Waals surface area contributed by atoms with E-state index < -0.39 is 16.0 Å². The number of carboxylic acid groups (broad SMARTS) is 1. The van der Waals surface area contributed by atoms with E-state index in [-0.39, 0.29) is 28.6 Å². The largest absolute Gasteiger partial charge is 0.478 e. The van der Waals surface area contributed by atoms with Crippen LogP contribution in [0.2, 0.25) is 0 Å². The van der Waals surface area contributed by atoms with Gasteiger partial charge in [-0.1, -0.05) is 0 Å². The quantitative estimate of drug-likeness (QED) is 0.720. The van der Waals surface area contributed by atoms with Crippen LogP contribution in [0.25, 0.3) is 0 Å². The summed E-state index contributed by atoms with van der Waals surface area (Å²) in [5.74, 6) is -1.17. The summed E-state index contributed by atoms with van der Waals surface area (Å²) in [4.78, 5) is 11.1. The van der Waals surface area contributed by atoms with Crippen LogP contribution in [-0.2, 0) is 14.8 Å². The Morgan fingerprint density at radius 3 is 2.62 bits per heavy atom. The van der Waals surface area contributed by atoms with Crippen LogP contribution in [0.15, 0.2) is 23.1 Å². The molecule has 0 aliphatic carbocycles. The summed E-state index contributed by atoms with van der Waals surface area (Å²) in [5, 5.41) is 12.3. The topological polar surface area (TPSA) is 105 Å². The first-order chi connectivity index (χ1) is 11.1. The van der Waals surface area contributed by atoms with Gasteiger partial charge in [-0.3, -0.25) is 0 Å². The Hall–Kier alpha value is -1.64. The molecule has 1 aromatic rings. The second-order valence-corrected chi connectivity index (χ2v) is 8.61. The highest BCUT2D eigenvalue weighted by molar-refractivity contribution is 7.89. The van der Waals surface area contributed by atoms with Gasteiger partial charge in [0.2, 0.25) is 10.0 Å². The molecule has 0 bridgehead atoms. The molecule has 0 amide bonds. The monoisotopic (exact) mass is 356 g/mol. The minimum Gasteiger partial charge on any atom is -0.478 e. The Morgan fingerprint density at radius 2 is 2.08 bits per heavy atom. The van der Waals surface area contributed by atoms with E-state index in [9.17, 15) is 13.2 Å². The third kappa shape index (κ3) is 4.93. The van der Waals surface area contributed by atoms with Gasteiger partial charge in [0.1, 0.15) is 4.90 Å². The van der Waals surface area contributed by atoms with Crippen molar-refractivity contribution in [1.29, 1.82) is 0 Å². The van der Waals surface area contributed by atoms with Crippen LogP contribution in [0.1, 0.15) is 44.0 Å². The average Bonchev–Trinajstić information content (AvgIpc) is 2.97. The molecule has 0 aromatic heterocycles. The number of carbonyl (C=O) groups is 1. The van der Waals surface area contributed by atoms with Gasteiger partial charge in [0.15, 0.2) is 0 Å². The van der Waals surface area contributed by atoms with Crippen LogP contribution in [-0.4, -0.2) is 44.3 Å². The highest BCUT2D eigenvalue weighted by Crippen LogP contribution is 2.26. The Balaban J connectivity index is 2.32. The van der Waals surface area contributed by atoms with Crippen LogP contribution >= 0.6 is 0 Å². The smallest absolute Gasteiger partial charge is 0.335 e. The first kappa shape index (κ1) is 18.7. The number of rotatable bonds is 6. The molecule has 0 radical (unpaired) electrons. The van der Waals surface area contributed by atoms with Gasteiger partial charge in [-0.25, -0.2) is 17.9 Å². The molecule has 7 nitrogen and oxygen atoms in total. The first-order valence-corrected chi connectivity index (χ1v) is 9.33. The predicted octanol–water partition coefficient (Wildman–Crippen LogP) is 2.05. The molecule has 8 heteroatoms. The van der Waals surface area contributed by atoms with E-state index >= 15 is 0 Å². The van der Waals surface area contributed by atoms with Crippen LogP contribution in [0.5, 0.6) is 0 Å². The summed E-state index contributed by atoms with van der Waals surface area (Å²) in [5.41, 5.74) is -0.0804. The summed E-state index contributed by atoms with van der Waals surface area (Å²) in [6.45, 7) is 6.50. The van der Waals surface area contributed by atoms with Crippen molar-refractivity contribution >= 4 is 21.7 Å². The van der Waals surface area contributed by atoms with Crippen molar-refractivity contribution < 1.29 is 23.1 Å². The standard InChI is InChI=1S/C16H24N2O5S/c1-16(2,3)18-13-7-6-11(15(19)20)9-14(13)24(21,22)17-10-12-5-4-8-23-12/h6-7,9,12,17-18H,4-5,8,10H2,1-3H3,(H,19,20). The van der Waals surface area contributed by atoms with E-state index in [1.54, 1.807) is 0 Å². The summed E-state index contributed by atoms with van der Waals surface area (Å²) < 4.78 is 33.3. The molecule has 2 rings (SSSR count). The van der Waals surface area contributed by atoms with Crippen molar-refractivity contribution in [2.45, 2.75) is 50.2 Å². The fraction of sp³-hybridized carbons (Fsp3) is 0.562. The van der Waals surface area contributed by atoms with Gasteiger partial charge in [0.05, 0.1) is 17.4 Å². The van der Waals surface area contributed by atoms with E-state index in [2.05, 4.69) is 10.0 Å². The molecule has 0 saturated carbocycles. The van der Waals surface area contributed by atoms with Gasteiger partial charge >= 0.3 is 5.97 Å². The lowest BCUT2D eigenvalue weighted by atomic mass is 10.1. The van der Waals surface area contributed by atoms with Crippen molar-refractivity contribution in [3.63, 3.8) is 0 Å². The zero-order chi connectivity index (χ0) is 18.0. The summed E-state index contributed by atoms with van der Waals surface area (Å²) in [7, 11) is -3.86. The number of sulfonamides is 1. The summed E-state index contributed by atoms with van der Waals surface area (Å²) >= 11 is 0. The van der Waals surface area contributed by atoms with Gasteiger partial charge in [-0.2, -0.15) is 0 Å². The highest BCUT2D eigenvalue weighted by Gasteiger charge is 2.25. The van der Waals surface area contributed by atoms with Crippen molar-refractivity contribution in [2.75, 3.05) is 18.5 Å². The van der Waals surface area contributed by atoms with Crippen molar-refractivity contribution in [3.8, 4) is 0 Å². The Morgan fingerprint density at radius 1 is 1.38 bits per heavy atom. The van der Waals surface area contributed by atoms with E-state index in [0.29, 0.717) is 12.3 Å². The zero-order valence-electron chi connectivity index (χ0n) is 14.1. The molecule has 24 heavy (non-hydrogen) atoms. The lowest BCUT2D eigenvalue weighted by Gasteiger charge is -2.24. The fourth-order valence-electron chi connectivity index (χ4n) is 2.47. The molecule has 1 unspecified atom stereocenters. The maximum Gasteiger partial charge on any atom is 0.335 e. The molecular weight excluding hydrogens is 332 g/mol. The number of anilines is 1. The Labute approximate surface area is 142 Å². The van der Waals surface area contributed by atoms with Crippen LogP contribution < -0.4 is 10.0 Å². The number of benzene rings is 1. The van der Waals surface area contributed by atoms with E-state index in [1.165, 1.54) is 18.2 Å². The molecule has 1 aliphatic rings. The molecule has 1 aliphatic heterocycles. The molecule has 1 atom stereocenters. The number of ether oxygens (including phenoxy) is 1. The number of nitrogens with one attached hydrogen (secondary N) is 2. The normalized spacial score (nSPS) is 18.5. The van der Waals surface area contributed by atoms with Gasteiger partial charge in [0, 0.05) is 18.7 Å². The first-order valence-electron chi connectivity index (χ1n) is 7.85. The van der Waals surface area contributed by atoms with Crippen molar-refractivity contribution in [1.82, 2.24) is 4.72 Å². The van der Waals surface area contributed by atoms with Crippen molar-refractivity contribution in [2.24, 2.45) is 0 Å². The predicted molar refractivity (Wildman–Crippen MR) is 90.9 cm³/mol. The molecule has 134 valence electrons. The number of aromatic carboxylic acids is 1. The average molecular weight is 356 g/mol. The highest BCUT2D eigenvalue weighted by atomic mass is 32.2. The summed E-state index contributed by atoms with van der Waals surface area (Å²) in [6.07, 6.45) is 1.59. The number of carboxylic acids is 1. The third-order valence-corrected chi connectivity index (χ3v) is 5.02. The van der Waals surface area contributed by atoms with Crippen LogP contribution in [0, 0.1) is 0 Å². The molecule has 1 saturated heterocycles. The maximum atomic E-state index is 12.7. The summed E-state index contributed by atoms with van der Waals surface area (Å²) in [6, 6.07) is 4.04. The number of hydrogen-bond donors (Lipinski definition) is 3. The van der Waals surface area contributed by atoms with E-state index in [1.807, 2.05) is 20.8 Å². The lowest BCUT2D eigenvalue weighted by Crippen LogP contribution is -2.33. The third-order valence-electron chi connectivity index (χ3n) is 3.55. The molecular formula is C16H24N2O5S. The Bertz CT molecular complexity index is 704. The lowest BCUT2D eigenvalue weighted by molar-refractivity contribution is 0.0696. The molecule has 3 N–H and O–H groups in total. The van der Waals surface area contributed by atoms with Gasteiger partial charge in [-0.05, 0) is 51.8 Å². The van der Waals surface area contributed by atoms with Crippen LogP contribution in [0.4, 0.5) is 5.69 Å². The van der Waals surface area contributed by atoms with E-state index in [4.69, 9.17) is 9.84 Å². The SMILES string of the molecule is CC(C)(C)Nc1ccc(C(=O)O)cc1S(=O)(=O)NCC1CCCO1. The van der Waals surface area contributed by atoms with Gasteiger partial charge < -0.3 is 15.2 Å².